The number of piperidine rings is 1. The maximum Gasteiger partial charge on any atom is 0.250 e. The van der Waals surface area contributed by atoms with E-state index in [1.54, 1.807) is 12.3 Å². The molecule has 0 unspecified atom stereocenters. The zero-order valence-corrected chi connectivity index (χ0v) is 13.0. The Kier molecular flexibility index (Phi) is 4.85. The lowest BCUT2D eigenvalue weighted by Gasteiger charge is -2.31. The summed E-state index contributed by atoms with van der Waals surface area (Å²) < 4.78 is 0. The van der Waals surface area contributed by atoms with E-state index in [9.17, 15) is 9.59 Å². The second-order valence-electron chi connectivity index (χ2n) is 5.95. The summed E-state index contributed by atoms with van der Waals surface area (Å²) in [5.74, 6) is 0.484. The first-order valence-electron chi connectivity index (χ1n) is 8.02. The molecule has 2 aromatic rings. The van der Waals surface area contributed by atoms with Gasteiger partial charge in [0.25, 0.3) is 5.56 Å². The van der Waals surface area contributed by atoms with Gasteiger partial charge in [0.05, 0.1) is 18.2 Å². The smallest absolute Gasteiger partial charge is 0.250 e. The predicted molar refractivity (Wildman–Crippen MR) is 84.9 cm³/mol. The van der Waals surface area contributed by atoms with Gasteiger partial charge < -0.3 is 9.88 Å². The van der Waals surface area contributed by atoms with Crippen LogP contribution < -0.4 is 5.56 Å². The molecule has 0 bridgehead atoms. The molecule has 2 aromatic heterocycles. The largest absolute Gasteiger partial charge is 0.343 e. The minimum Gasteiger partial charge on any atom is -0.343 e. The van der Waals surface area contributed by atoms with Crippen LogP contribution in [-0.2, 0) is 11.2 Å². The number of rotatable bonds is 5. The minimum absolute atomic E-state index is 0.118. The molecule has 0 atom stereocenters. The molecule has 1 saturated heterocycles. The third-order valence-corrected chi connectivity index (χ3v) is 4.38. The normalized spacial score (nSPS) is 15.7. The summed E-state index contributed by atoms with van der Waals surface area (Å²) in [5, 5.41) is 6.68. The zero-order valence-electron chi connectivity index (χ0n) is 13.0. The molecular formula is C16H21N5O2. The number of carbonyl (C=O) groups is 1. The van der Waals surface area contributed by atoms with E-state index in [-0.39, 0.29) is 17.4 Å². The number of nitrogens with zero attached hydrogens (tertiary/aromatic N) is 3. The molecule has 2 N–H and O–H groups in total. The lowest BCUT2D eigenvalue weighted by molar-refractivity contribution is -0.132. The van der Waals surface area contributed by atoms with Crippen LogP contribution in [0.15, 0.2) is 29.6 Å². The van der Waals surface area contributed by atoms with Crippen molar-refractivity contribution in [2.75, 3.05) is 13.1 Å². The van der Waals surface area contributed by atoms with E-state index in [2.05, 4.69) is 20.2 Å². The van der Waals surface area contributed by atoms with Crippen molar-refractivity contribution < 1.29 is 4.79 Å². The first-order chi connectivity index (χ1) is 11.2. The molecule has 0 spiro atoms. The van der Waals surface area contributed by atoms with E-state index in [1.165, 1.54) is 6.33 Å². The van der Waals surface area contributed by atoms with Gasteiger partial charge in [0.2, 0.25) is 5.91 Å². The monoisotopic (exact) mass is 315 g/mol. The number of amides is 1. The Bertz CT molecular complexity index is 687. The summed E-state index contributed by atoms with van der Waals surface area (Å²) >= 11 is 0. The highest BCUT2D eigenvalue weighted by atomic mass is 16.2. The molecule has 7 nitrogen and oxygen atoms in total. The van der Waals surface area contributed by atoms with Crippen LogP contribution in [0.4, 0.5) is 0 Å². The van der Waals surface area contributed by atoms with Crippen LogP contribution in [-0.4, -0.2) is 44.1 Å². The Morgan fingerprint density at radius 3 is 2.87 bits per heavy atom. The molecule has 1 aliphatic heterocycles. The summed E-state index contributed by atoms with van der Waals surface area (Å²) in [6.45, 7) is 1.48. The fraction of sp³-hybridized carbons (Fsp3) is 0.500. The Morgan fingerprint density at radius 2 is 2.17 bits per heavy atom. The zero-order chi connectivity index (χ0) is 16.1. The summed E-state index contributed by atoms with van der Waals surface area (Å²) in [7, 11) is 0. The predicted octanol–water partition coefficient (Wildman–Crippen LogP) is 1.22. The highest BCUT2D eigenvalue weighted by Crippen LogP contribution is 2.26. The summed E-state index contributed by atoms with van der Waals surface area (Å²) in [5.41, 5.74) is 1.85. The number of hydrogen-bond acceptors (Lipinski definition) is 4. The molecule has 3 rings (SSSR count). The lowest BCUT2D eigenvalue weighted by Crippen LogP contribution is -2.38. The summed E-state index contributed by atoms with van der Waals surface area (Å²) in [6, 6.07) is 1.56. The van der Waals surface area contributed by atoms with Crippen LogP contribution in [0, 0.1) is 0 Å². The highest BCUT2D eigenvalue weighted by molar-refractivity contribution is 5.76. The molecular weight excluding hydrogens is 294 g/mol. The Hall–Kier alpha value is -2.44. The van der Waals surface area contributed by atoms with Gasteiger partial charge >= 0.3 is 0 Å². The number of carbonyl (C=O) groups excluding carboxylic acids is 1. The van der Waals surface area contributed by atoms with E-state index in [4.69, 9.17) is 0 Å². The molecule has 7 heteroatoms. The van der Waals surface area contributed by atoms with Crippen molar-refractivity contribution in [1.29, 1.82) is 0 Å². The van der Waals surface area contributed by atoms with Crippen LogP contribution in [0.5, 0.6) is 0 Å². The number of aromatic nitrogens is 4. The van der Waals surface area contributed by atoms with Crippen LogP contribution in [0.2, 0.25) is 0 Å². The average molecular weight is 315 g/mol. The van der Waals surface area contributed by atoms with E-state index in [0.717, 1.165) is 50.0 Å². The number of aryl methyl sites for hydroxylation is 1. The standard InChI is InChI=1S/C16H21N5O2/c22-15-8-14(17-11-18-15)13-4-6-21(7-5-13)16(23)3-1-2-12-9-19-20-10-12/h8-11,13H,1-7H2,(H,19,20)(H,17,18,22). The van der Waals surface area contributed by atoms with Gasteiger partial charge in [0.15, 0.2) is 0 Å². The van der Waals surface area contributed by atoms with Crippen molar-refractivity contribution in [2.24, 2.45) is 0 Å². The van der Waals surface area contributed by atoms with Crippen LogP contribution in [0.25, 0.3) is 0 Å². The molecule has 0 aliphatic carbocycles. The van der Waals surface area contributed by atoms with Gasteiger partial charge in [-0.1, -0.05) is 0 Å². The number of hydrogen-bond donors (Lipinski definition) is 2. The van der Waals surface area contributed by atoms with Crippen molar-refractivity contribution >= 4 is 5.91 Å². The van der Waals surface area contributed by atoms with Crippen molar-refractivity contribution in [3.63, 3.8) is 0 Å². The number of nitrogens with one attached hydrogen (secondary N) is 2. The van der Waals surface area contributed by atoms with E-state index >= 15 is 0 Å². The van der Waals surface area contributed by atoms with Crippen LogP contribution >= 0.6 is 0 Å². The molecule has 1 amide bonds. The third-order valence-electron chi connectivity index (χ3n) is 4.38. The molecule has 0 saturated carbocycles. The maximum absolute atomic E-state index is 12.3. The van der Waals surface area contributed by atoms with E-state index in [1.807, 2.05) is 11.1 Å². The van der Waals surface area contributed by atoms with Crippen LogP contribution in [0.3, 0.4) is 0 Å². The van der Waals surface area contributed by atoms with Crippen molar-refractivity contribution in [3.05, 3.63) is 46.4 Å². The summed E-state index contributed by atoms with van der Waals surface area (Å²) in [6.07, 6.45) is 9.12. The first kappa shape index (κ1) is 15.5. The number of aromatic amines is 2. The number of H-pyrrole nitrogens is 2. The van der Waals surface area contributed by atoms with Crippen LogP contribution in [0.1, 0.15) is 42.9 Å². The van der Waals surface area contributed by atoms with Crippen molar-refractivity contribution in [2.45, 2.75) is 38.0 Å². The molecule has 0 aromatic carbocycles. The van der Waals surface area contributed by atoms with Gasteiger partial charge in [-0.2, -0.15) is 5.10 Å². The Labute approximate surface area is 134 Å². The second kappa shape index (κ2) is 7.21. The topological polar surface area (TPSA) is 94.7 Å². The molecule has 122 valence electrons. The first-order valence-corrected chi connectivity index (χ1v) is 8.02. The quantitative estimate of drug-likeness (QED) is 0.867. The second-order valence-corrected chi connectivity index (χ2v) is 5.95. The molecule has 0 radical (unpaired) electrons. The Morgan fingerprint density at radius 1 is 1.35 bits per heavy atom. The van der Waals surface area contributed by atoms with Gasteiger partial charge in [-0.3, -0.25) is 14.7 Å². The van der Waals surface area contributed by atoms with Gasteiger partial charge in [-0.05, 0) is 31.2 Å². The van der Waals surface area contributed by atoms with E-state index < -0.39 is 0 Å². The SMILES string of the molecule is O=C(CCCc1cn[nH]c1)N1CCC(c2cc(=O)[nH]cn2)CC1. The fourth-order valence-electron chi connectivity index (χ4n) is 3.05. The number of likely N-dealkylation sites (tertiary alicyclic amines) is 1. The third kappa shape index (κ3) is 4.06. The van der Waals surface area contributed by atoms with E-state index in [0.29, 0.717) is 6.42 Å². The maximum atomic E-state index is 12.3. The molecule has 1 aliphatic rings. The van der Waals surface area contributed by atoms with Crippen molar-refractivity contribution in [1.82, 2.24) is 25.1 Å². The molecule has 23 heavy (non-hydrogen) atoms. The Balaban J connectivity index is 1.44. The van der Waals surface area contributed by atoms with Crippen molar-refractivity contribution in [3.8, 4) is 0 Å². The van der Waals surface area contributed by atoms with Gasteiger partial charge in [0, 0.05) is 37.7 Å². The van der Waals surface area contributed by atoms with Gasteiger partial charge in [-0.25, -0.2) is 4.98 Å². The van der Waals surface area contributed by atoms with Gasteiger partial charge in [-0.15, -0.1) is 0 Å². The molecule has 3 heterocycles. The fourth-order valence-corrected chi connectivity index (χ4v) is 3.05. The highest BCUT2D eigenvalue weighted by Gasteiger charge is 2.24. The molecule has 1 fully saturated rings. The minimum atomic E-state index is -0.118. The summed E-state index contributed by atoms with van der Waals surface area (Å²) in [4.78, 5) is 32.3. The van der Waals surface area contributed by atoms with Gasteiger partial charge in [0.1, 0.15) is 0 Å². The lowest BCUT2D eigenvalue weighted by atomic mass is 9.93. The average Bonchev–Trinajstić information content (AvgIpc) is 3.08.